The van der Waals surface area contributed by atoms with E-state index >= 15 is 0 Å². The first-order chi connectivity index (χ1) is 12.9. The van der Waals surface area contributed by atoms with Crippen molar-refractivity contribution in [2.45, 2.75) is 46.0 Å². The molecule has 6 nitrogen and oxygen atoms in total. The van der Waals surface area contributed by atoms with Crippen LogP contribution < -0.4 is 10.1 Å². The van der Waals surface area contributed by atoms with E-state index in [9.17, 15) is 9.59 Å². The van der Waals surface area contributed by atoms with Gasteiger partial charge in [-0.05, 0) is 31.9 Å². The number of hydrogen-bond donors (Lipinski definition) is 1. The van der Waals surface area contributed by atoms with E-state index in [0.29, 0.717) is 12.3 Å². The summed E-state index contributed by atoms with van der Waals surface area (Å²) in [5.41, 5.74) is -0.0244. The van der Waals surface area contributed by atoms with Crippen molar-refractivity contribution in [1.29, 1.82) is 0 Å². The standard InChI is InChI=1S/C19H25Cl2NO5/c1-3-25-11-12-26-18(24)27-14-8-7-13(15(20)16(14)21)22-17(23)19(2)9-5-4-6-10-19/h7-8H,3-6,9-12H2,1-2H3,(H,22,23). The smallest absolute Gasteiger partial charge is 0.432 e. The van der Waals surface area contributed by atoms with E-state index in [2.05, 4.69) is 5.32 Å². The monoisotopic (exact) mass is 417 g/mol. The molecule has 0 radical (unpaired) electrons. The van der Waals surface area contributed by atoms with Crippen molar-refractivity contribution in [2.24, 2.45) is 5.41 Å². The van der Waals surface area contributed by atoms with Crippen LogP contribution in [0.1, 0.15) is 46.0 Å². The molecular weight excluding hydrogens is 393 g/mol. The summed E-state index contributed by atoms with van der Waals surface area (Å²) < 4.78 is 15.0. The highest BCUT2D eigenvalue weighted by Gasteiger charge is 2.35. The van der Waals surface area contributed by atoms with Gasteiger partial charge in [0.2, 0.25) is 5.91 Å². The van der Waals surface area contributed by atoms with E-state index in [1.165, 1.54) is 6.07 Å². The van der Waals surface area contributed by atoms with Crippen LogP contribution in [-0.2, 0) is 14.3 Å². The Kier molecular flexibility index (Phi) is 8.20. The zero-order valence-electron chi connectivity index (χ0n) is 15.6. The molecule has 0 aromatic heterocycles. The van der Waals surface area contributed by atoms with E-state index in [1.54, 1.807) is 6.07 Å². The summed E-state index contributed by atoms with van der Waals surface area (Å²) in [6.45, 7) is 4.70. The Labute approximate surface area is 169 Å². The maximum absolute atomic E-state index is 12.7. The minimum absolute atomic E-state index is 0.0324. The third kappa shape index (κ3) is 5.99. The van der Waals surface area contributed by atoms with Gasteiger partial charge in [-0.15, -0.1) is 0 Å². The molecule has 1 aliphatic carbocycles. The fourth-order valence-corrected chi connectivity index (χ4v) is 3.39. The number of halogens is 2. The van der Waals surface area contributed by atoms with E-state index in [1.807, 2.05) is 13.8 Å². The number of benzene rings is 1. The fourth-order valence-electron chi connectivity index (χ4n) is 2.99. The molecule has 1 fully saturated rings. The Morgan fingerprint density at radius 2 is 1.81 bits per heavy atom. The molecule has 150 valence electrons. The molecule has 0 spiro atoms. The summed E-state index contributed by atoms with van der Waals surface area (Å²) in [7, 11) is 0. The first-order valence-electron chi connectivity index (χ1n) is 9.09. The second kappa shape index (κ2) is 10.2. The lowest BCUT2D eigenvalue weighted by atomic mass is 9.75. The van der Waals surface area contributed by atoms with E-state index in [0.717, 1.165) is 32.1 Å². The summed E-state index contributed by atoms with van der Waals surface area (Å²) in [6.07, 6.45) is 4.02. The highest BCUT2D eigenvalue weighted by Crippen LogP contribution is 2.40. The number of carbonyl (C=O) groups is 2. The van der Waals surface area contributed by atoms with Crippen LogP contribution in [0.3, 0.4) is 0 Å². The van der Waals surface area contributed by atoms with Crippen molar-refractivity contribution in [2.75, 3.05) is 25.1 Å². The first-order valence-corrected chi connectivity index (χ1v) is 9.85. The number of rotatable bonds is 7. The van der Waals surface area contributed by atoms with Crippen LogP contribution in [0.25, 0.3) is 0 Å². The molecule has 8 heteroatoms. The predicted molar refractivity (Wildman–Crippen MR) is 105 cm³/mol. The Morgan fingerprint density at radius 1 is 1.11 bits per heavy atom. The first kappa shape index (κ1) is 21.8. The average Bonchev–Trinajstić information content (AvgIpc) is 2.65. The van der Waals surface area contributed by atoms with Crippen molar-refractivity contribution in [3.8, 4) is 5.75 Å². The normalized spacial score (nSPS) is 15.9. The van der Waals surface area contributed by atoms with Gasteiger partial charge in [0.15, 0.2) is 5.75 Å². The largest absolute Gasteiger partial charge is 0.513 e. The Hall–Kier alpha value is -1.50. The van der Waals surface area contributed by atoms with Gasteiger partial charge in [0.1, 0.15) is 11.6 Å². The number of anilines is 1. The molecule has 0 atom stereocenters. The molecule has 1 amide bonds. The number of ether oxygens (including phenoxy) is 3. The SMILES string of the molecule is CCOCCOC(=O)Oc1ccc(NC(=O)C2(C)CCCCC2)c(Cl)c1Cl. The number of amides is 1. The van der Waals surface area contributed by atoms with Crippen LogP contribution in [-0.4, -0.2) is 31.9 Å². The van der Waals surface area contributed by atoms with Crippen LogP contribution >= 0.6 is 23.2 Å². The second-order valence-electron chi connectivity index (χ2n) is 6.71. The zero-order chi connectivity index (χ0) is 19.9. The van der Waals surface area contributed by atoms with Crippen LogP contribution in [0.2, 0.25) is 10.0 Å². The molecule has 0 heterocycles. The molecule has 1 saturated carbocycles. The quantitative estimate of drug-likeness (QED) is 0.362. The highest BCUT2D eigenvalue weighted by atomic mass is 35.5. The van der Waals surface area contributed by atoms with Crippen LogP contribution in [0, 0.1) is 5.41 Å². The summed E-state index contributed by atoms with van der Waals surface area (Å²) in [5.74, 6) is -0.0193. The fraction of sp³-hybridized carbons (Fsp3) is 0.579. The second-order valence-corrected chi connectivity index (χ2v) is 7.47. The van der Waals surface area contributed by atoms with Gasteiger partial charge in [0.25, 0.3) is 0 Å². The molecule has 0 saturated heterocycles. The predicted octanol–water partition coefficient (Wildman–Crippen LogP) is 5.45. The van der Waals surface area contributed by atoms with E-state index < -0.39 is 11.6 Å². The van der Waals surface area contributed by atoms with Gasteiger partial charge in [0, 0.05) is 12.0 Å². The lowest BCUT2D eigenvalue weighted by Gasteiger charge is -2.32. The maximum atomic E-state index is 12.7. The lowest BCUT2D eigenvalue weighted by Crippen LogP contribution is -2.35. The van der Waals surface area contributed by atoms with Crippen molar-refractivity contribution < 1.29 is 23.8 Å². The molecule has 27 heavy (non-hydrogen) atoms. The van der Waals surface area contributed by atoms with Crippen molar-refractivity contribution >= 4 is 41.0 Å². The van der Waals surface area contributed by atoms with Gasteiger partial charge < -0.3 is 19.5 Å². The van der Waals surface area contributed by atoms with Gasteiger partial charge in [-0.25, -0.2) is 4.79 Å². The Bertz CT molecular complexity index is 674. The number of nitrogens with one attached hydrogen (secondary N) is 1. The minimum atomic E-state index is -0.904. The molecule has 1 N–H and O–H groups in total. The van der Waals surface area contributed by atoms with Crippen LogP contribution in [0.4, 0.5) is 10.5 Å². The molecule has 0 bridgehead atoms. The third-order valence-corrected chi connectivity index (χ3v) is 5.51. The summed E-state index contributed by atoms with van der Waals surface area (Å²) in [6, 6.07) is 3.03. The summed E-state index contributed by atoms with van der Waals surface area (Å²) in [4.78, 5) is 24.3. The molecule has 0 aliphatic heterocycles. The van der Waals surface area contributed by atoms with Crippen LogP contribution in [0.15, 0.2) is 12.1 Å². The topological polar surface area (TPSA) is 73.9 Å². The average molecular weight is 418 g/mol. The Balaban J connectivity index is 1.99. The van der Waals surface area contributed by atoms with Gasteiger partial charge in [-0.1, -0.05) is 49.4 Å². The molecule has 1 aliphatic rings. The lowest BCUT2D eigenvalue weighted by molar-refractivity contribution is -0.126. The number of carbonyl (C=O) groups excluding carboxylic acids is 2. The van der Waals surface area contributed by atoms with Gasteiger partial charge in [-0.2, -0.15) is 0 Å². The van der Waals surface area contributed by atoms with Gasteiger partial charge in [0.05, 0.1) is 17.3 Å². The third-order valence-electron chi connectivity index (χ3n) is 4.65. The number of hydrogen-bond acceptors (Lipinski definition) is 5. The highest BCUT2D eigenvalue weighted by molar-refractivity contribution is 6.45. The van der Waals surface area contributed by atoms with Crippen molar-refractivity contribution in [3.63, 3.8) is 0 Å². The molecule has 1 aromatic carbocycles. The van der Waals surface area contributed by atoms with E-state index in [4.69, 9.17) is 37.4 Å². The molecule has 2 rings (SSSR count). The maximum Gasteiger partial charge on any atom is 0.513 e. The molecular formula is C19H25Cl2NO5. The van der Waals surface area contributed by atoms with Crippen molar-refractivity contribution in [1.82, 2.24) is 0 Å². The van der Waals surface area contributed by atoms with Gasteiger partial charge in [-0.3, -0.25) is 4.79 Å². The van der Waals surface area contributed by atoms with Crippen molar-refractivity contribution in [3.05, 3.63) is 22.2 Å². The van der Waals surface area contributed by atoms with E-state index in [-0.39, 0.29) is 34.9 Å². The summed E-state index contributed by atoms with van der Waals surface area (Å²) in [5, 5.41) is 2.99. The molecule has 0 unspecified atom stereocenters. The molecule has 1 aromatic rings. The van der Waals surface area contributed by atoms with Gasteiger partial charge >= 0.3 is 6.16 Å². The zero-order valence-corrected chi connectivity index (χ0v) is 17.1. The summed E-state index contributed by atoms with van der Waals surface area (Å²) >= 11 is 12.4. The minimum Gasteiger partial charge on any atom is -0.432 e. The Morgan fingerprint density at radius 3 is 2.48 bits per heavy atom. The van der Waals surface area contributed by atoms with Crippen LogP contribution in [0.5, 0.6) is 5.75 Å².